The summed E-state index contributed by atoms with van der Waals surface area (Å²) in [5.74, 6) is 0.0455. The van der Waals surface area contributed by atoms with Gasteiger partial charge in [0, 0.05) is 0 Å². The van der Waals surface area contributed by atoms with Gasteiger partial charge in [0.05, 0.1) is 6.04 Å². The molecule has 1 heterocycles. The maximum absolute atomic E-state index is 12.1. The zero-order chi connectivity index (χ0) is 15.2. The van der Waals surface area contributed by atoms with Crippen LogP contribution in [0, 0.1) is 5.92 Å². The van der Waals surface area contributed by atoms with Crippen molar-refractivity contribution in [2.24, 2.45) is 5.92 Å². The van der Waals surface area contributed by atoms with Gasteiger partial charge in [-0.05, 0) is 51.9 Å². The summed E-state index contributed by atoms with van der Waals surface area (Å²) in [6.45, 7) is 5.90. The Balaban J connectivity index is 2.31. The maximum Gasteiger partial charge on any atom is 0.405 e. The summed E-state index contributed by atoms with van der Waals surface area (Å²) in [6.07, 6.45) is -2.40. The summed E-state index contributed by atoms with van der Waals surface area (Å²) in [6, 6.07) is -0.502. The zero-order valence-electron chi connectivity index (χ0n) is 12.1. The van der Waals surface area contributed by atoms with Gasteiger partial charge in [-0.3, -0.25) is 9.69 Å². The number of alkyl halides is 3. The van der Waals surface area contributed by atoms with E-state index in [1.165, 1.54) is 0 Å². The molecule has 20 heavy (non-hydrogen) atoms. The largest absolute Gasteiger partial charge is 0.405 e. The monoisotopic (exact) mass is 295 g/mol. The van der Waals surface area contributed by atoms with Crippen LogP contribution in [0.4, 0.5) is 13.2 Å². The fourth-order valence-electron chi connectivity index (χ4n) is 2.39. The number of carbonyl (C=O) groups excluding carboxylic acids is 1. The van der Waals surface area contributed by atoms with Crippen molar-refractivity contribution in [3.8, 4) is 0 Å². The van der Waals surface area contributed by atoms with E-state index in [4.69, 9.17) is 0 Å². The first kappa shape index (κ1) is 17.2. The minimum Gasteiger partial charge on any atom is -0.346 e. The molecule has 1 rings (SSSR count). The lowest BCUT2D eigenvalue weighted by Crippen LogP contribution is -2.50. The van der Waals surface area contributed by atoms with Crippen LogP contribution in [0.1, 0.15) is 26.7 Å². The highest BCUT2D eigenvalue weighted by Crippen LogP contribution is 2.18. The SMILES string of the molecule is CCNCC1CCN(C(C)C(=O)NCC(F)(F)F)CC1. The number of carbonyl (C=O) groups is 1. The second-order valence-corrected chi connectivity index (χ2v) is 5.30. The van der Waals surface area contributed by atoms with Crippen molar-refractivity contribution in [1.29, 1.82) is 0 Å². The van der Waals surface area contributed by atoms with Crippen LogP contribution in [-0.4, -0.2) is 55.7 Å². The minimum atomic E-state index is -4.35. The van der Waals surface area contributed by atoms with Crippen LogP contribution < -0.4 is 10.6 Å². The minimum absolute atomic E-state index is 0.502. The molecule has 0 saturated carbocycles. The Morgan fingerprint density at radius 2 is 1.95 bits per heavy atom. The highest BCUT2D eigenvalue weighted by Gasteiger charge is 2.31. The van der Waals surface area contributed by atoms with E-state index >= 15 is 0 Å². The standard InChI is InChI=1S/C13H24F3N3O/c1-3-17-8-11-4-6-19(7-5-11)10(2)12(20)18-9-13(14,15)16/h10-11,17H,3-9H2,1-2H3,(H,18,20). The van der Waals surface area contributed by atoms with Crippen molar-refractivity contribution in [3.05, 3.63) is 0 Å². The van der Waals surface area contributed by atoms with Gasteiger partial charge in [0.25, 0.3) is 0 Å². The summed E-state index contributed by atoms with van der Waals surface area (Å²) in [7, 11) is 0. The molecule has 1 fully saturated rings. The molecule has 7 heteroatoms. The molecule has 0 aromatic carbocycles. The molecule has 118 valence electrons. The molecule has 1 aliphatic heterocycles. The van der Waals surface area contributed by atoms with Gasteiger partial charge in [0.15, 0.2) is 0 Å². The Kier molecular flexibility index (Phi) is 6.75. The van der Waals surface area contributed by atoms with Crippen molar-refractivity contribution in [2.75, 3.05) is 32.7 Å². The predicted molar refractivity (Wildman–Crippen MR) is 71.4 cm³/mol. The van der Waals surface area contributed by atoms with Gasteiger partial charge >= 0.3 is 6.18 Å². The van der Waals surface area contributed by atoms with Crippen molar-refractivity contribution >= 4 is 5.91 Å². The summed E-state index contributed by atoms with van der Waals surface area (Å²) in [5, 5.41) is 5.25. The van der Waals surface area contributed by atoms with Gasteiger partial charge < -0.3 is 10.6 Å². The van der Waals surface area contributed by atoms with Gasteiger partial charge in [-0.25, -0.2) is 0 Å². The van der Waals surface area contributed by atoms with Crippen LogP contribution in [0.25, 0.3) is 0 Å². The first-order valence-electron chi connectivity index (χ1n) is 7.12. The van der Waals surface area contributed by atoms with Crippen LogP contribution in [0.15, 0.2) is 0 Å². The van der Waals surface area contributed by atoms with Crippen molar-refractivity contribution in [1.82, 2.24) is 15.5 Å². The lowest BCUT2D eigenvalue weighted by atomic mass is 9.95. The number of hydrogen-bond acceptors (Lipinski definition) is 3. The van der Waals surface area contributed by atoms with Gasteiger partial charge in [-0.2, -0.15) is 13.2 Å². The lowest BCUT2D eigenvalue weighted by Gasteiger charge is -2.35. The molecule has 0 aliphatic carbocycles. The van der Waals surface area contributed by atoms with E-state index in [0.717, 1.165) is 39.0 Å². The smallest absolute Gasteiger partial charge is 0.346 e. The number of likely N-dealkylation sites (tertiary alicyclic amines) is 1. The van der Waals surface area contributed by atoms with E-state index < -0.39 is 24.7 Å². The average Bonchev–Trinajstić information content (AvgIpc) is 2.41. The van der Waals surface area contributed by atoms with Crippen molar-refractivity contribution < 1.29 is 18.0 Å². The number of rotatable bonds is 6. The van der Waals surface area contributed by atoms with Crippen molar-refractivity contribution in [2.45, 2.75) is 38.9 Å². The number of amides is 1. The van der Waals surface area contributed by atoms with Gasteiger partial charge in [0.2, 0.25) is 5.91 Å². The highest BCUT2D eigenvalue weighted by atomic mass is 19.4. The Labute approximate surface area is 118 Å². The third kappa shape index (κ3) is 6.09. The normalized spacial score (nSPS) is 19.9. The van der Waals surface area contributed by atoms with Crippen LogP contribution in [0.5, 0.6) is 0 Å². The molecule has 0 bridgehead atoms. The maximum atomic E-state index is 12.1. The molecule has 4 nitrogen and oxygen atoms in total. The quantitative estimate of drug-likeness (QED) is 0.778. The zero-order valence-corrected chi connectivity index (χ0v) is 12.1. The van der Waals surface area contributed by atoms with Crippen LogP contribution in [-0.2, 0) is 4.79 Å². The van der Waals surface area contributed by atoms with Crippen molar-refractivity contribution in [3.63, 3.8) is 0 Å². The third-order valence-corrected chi connectivity index (χ3v) is 3.72. The Morgan fingerprint density at radius 1 is 1.35 bits per heavy atom. The molecule has 0 aromatic rings. The van der Waals surface area contributed by atoms with Crippen LogP contribution >= 0.6 is 0 Å². The van der Waals surface area contributed by atoms with Crippen LogP contribution in [0.3, 0.4) is 0 Å². The predicted octanol–water partition coefficient (Wildman–Crippen LogP) is 1.37. The topological polar surface area (TPSA) is 44.4 Å². The van der Waals surface area contributed by atoms with Gasteiger partial charge in [-0.15, -0.1) is 0 Å². The van der Waals surface area contributed by atoms with E-state index in [-0.39, 0.29) is 0 Å². The van der Waals surface area contributed by atoms with Gasteiger partial charge in [0.1, 0.15) is 6.54 Å². The Bertz CT molecular complexity index is 302. The highest BCUT2D eigenvalue weighted by molar-refractivity contribution is 5.81. The number of hydrogen-bond donors (Lipinski definition) is 2. The fourth-order valence-corrected chi connectivity index (χ4v) is 2.39. The number of nitrogens with zero attached hydrogens (tertiary/aromatic N) is 1. The Hall–Kier alpha value is -0.820. The fraction of sp³-hybridized carbons (Fsp3) is 0.923. The van der Waals surface area contributed by atoms with E-state index in [1.807, 2.05) is 10.2 Å². The lowest BCUT2D eigenvalue weighted by molar-refractivity contribution is -0.141. The molecule has 0 aromatic heterocycles. The number of halogens is 3. The summed E-state index contributed by atoms with van der Waals surface area (Å²) < 4.78 is 36.2. The summed E-state index contributed by atoms with van der Waals surface area (Å²) in [5.41, 5.74) is 0. The molecular weight excluding hydrogens is 271 g/mol. The second kappa shape index (κ2) is 7.83. The first-order valence-corrected chi connectivity index (χ1v) is 7.12. The molecular formula is C13H24F3N3O. The van der Waals surface area contributed by atoms with E-state index in [2.05, 4.69) is 12.2 Å². The Morgan fingerprint density at radius 3 is 2.45 bits per heavy atom. The molecule has 1 amide bonds. The molecule has 2 N–H and O–H groups in total. The molecule has 0 spiro atoms. The number of piperidine rings is 1. The van der Waals surface area contributed by atoms with E-state index in [9.17, 15) is 18.0 Å². The molecule has 1 aliphatic rings. The molecule has 1 atom stereocenters. The first-order chi connectivity index (χ1) is 9.33. The molecule has 0 radical (unpaired) electrons. The average molecular weight is 295 g/mol. The van der Waals surface area contributed by atoms with E-state index in [1.54, 1.807) is 6.92 Å². The van der Waals surface area contributed by atoms with Gasteiger partial charge in [-0.1, -0.05) is 6.92 Å². The summed E-state index contributed by atoms with van der Waals surface area (Å²) >= 11 is 0. The van der Waals surface area contributed by atoms with Crippen LogP contribution in [0.2, 0.25) is 0 Å². The number of nitrogens with one attached hydrogen (secondary N) is 2. The van der Waals surface area contributed by atoms with E-state index in [0.29, 0.717) is 5.92 Å². The molecule has 1 unspecified atom stereocenters. The summed E-state index contributed by atoms with van der Waals surface area (Å²) in [4.78, 5) is 13.6. The third-order valence-electron chi connectivity index (χ3n) is 3.72. The molecule has 1 saturated heterocycles. The second-order valence-electron chi connectivity index (χ2n) is 5.30.